The largest absolute Gasteiger partial charge is 0.361 e. The molecule has 25 heavy (non-hydrogen) atoms. The number of aromatic amines is 1. The standard InChI is InChI=1S/C19H22FN3OS/c1-25-11-7-18(23-9-2-3-10-23)19(24)21-8-6-14-13-22-17-5-4-15(20)12-16(14)17/h2-5,9-10,12-13,18,22H,6-8,11H2,1H3,(H,21,24)/t18-/m0/s1. The molecule has 0 fully saturated rings. The van der Waals surface area contributed by atoms with Crippen molar-refractivity contribution in [1.29, 1.82) is 0 Å². The van der Waals surface area contributed by atoms with Crippen LogP contribution in [0.4, 0.5) is 4.39 Å². The molecule has 0 saturated carbocycles. The molecule has 0 aliphatic carbocycles. The van der Waals surface area contributed by atoms with Crippen molar-refractivity contribution in [1.82, 2.24) is 14.9 Å². The highest BCUT2D eigenvalue weighted by molar-refractivity contribution is 7.98. The first-order valence-corrected chi connectivity index (χ1v) is 9.73. The molecular weight excluding hydrogens is 337 g/mol. The van der Waals surface area contributed by atoms with Crippen LogP contribution < -0.4 is 5.32 Å². The summed E-state index contributed by atoms with van der Waals surface area (Å²) in [5, 5.41) is 3.89. The predicted octanol–water partition coefficient (Wildman–Crippen LogP) is 3.76. The Morgan fingerprint density at radius 3 is 2.92 bits per heavy atom. The highest BCUT2D eigenvalue weighted by Gasteiger charge is 2.18. The molecule has 0 spiro atoms. The molecule has 2 N–H and O–H groups in total. The van der Waals surface area contributed by atoms with Gasteiger partial charge in [-0.3, -0.25) is 4.79 Å². The van der Waals surface area contributed by atoms with Crippen LogP contribution in [0.15, 0.2) is 48.9 Å². The van der Waals surface area contributed by atoms with E-state index in [0.29, 0.717) is 13.0 Å². The van der Waals surface area contributed by atoms with Crippen LogP contribution in [0.25, 0.3) is 10.9 Å². The number of hydrogen-bond donors (Lipinski definition) is 2. The van der Waals surface area contributed by atoms with Crippen molar-refractivity contribution in [3.8, 4) is 0 Å². The van der Waals surface area contributed by atoms with Crippen molar-refractivity contribution in [3.05, 3.63) is 60.3 Å². The summed E-state index contributed by atoms with van der Waals surface area (Å²) in [4.78, 5) is 15.7. The summed E-state index contributed by atoms with van der Waals surface area (Å²) in [6.45, 7) is 0.527. The molecule has 0 bridgehead atoms. The van der Waals surface area contributed by atoms with Gasteiger partial charge in [0.15, 0.2) is 0 Å². The number of H-pyrrole nitrogens is 1. The van der Waals surface area contributed by atoms with Gasteiger partial charge in [-0.15, -0.1) is 0 Å². The Morgan fingerprint density at radius 1 is 1.36 bits per heavy atom. The Morgan fingerprint density at radius 2 is 2.16 bits per heavy atom. The number of rotatable bonds is 8. The molecule has 2 heterocycles. The maximum absolute atomic E-state index is 13.4. The van der Waals surface area contributed by atoms with Gasteiger partial charge in [0.25, 0.3) is 0 Å². The second-order valence-electron chi connectivity index (χ2n) is 5.97. The minimum atomic E-state index is -0.248. The smallest absolute Gasteiger partial charge is 0.243 e. The highest BCUT2D eigenvalue weighted by atomic mass is 32.2. The van der Waals surface area contributed by atoms with E-state index in [0.717, 1.165) is 28.6 Å². The SMILES string of the molecule is CSCC[C@@H](C(=O)NCCc1c[nH]c2ccc(F)cc12)n1cccc1. The van der Waals surface area contributed by atoms with Crippen molar-refractivity contribution in [2.75, 3.05) is 18.6 Å². The van der Waals surface area contributed by atoms with Gasteiger partial charge in [0, 0.05) is 36.0 Å². The molecule has 3 rings (SSSR count). The zero-order valence-electron chi connectivity index (χ0n) is 14.2. The monoisotopic (exact) mass is 359 g/mol. The van der Waals surface area contributed by atoms with Crippen molar-refractivity contribution >= 4 is 28.6 Å². The van der Waals surface area contributed by atoms with E-state index in [2.05, 4.69) is 10.3 Å². The zero-order chi connectivity index (χ0) is 17.6. The number of nitrogens with zero attached hydrogens (tertiary/aromatic N) is 1. The highest BCUT2D eigenvalue weighted by Crippen LogP contribution is 2.20. The van der Waals surface area contributed by atoms with Crippen LogP contribution in [0, 0.1) is 5.82 Å². The summed E-state index contributed by atoms with van der Waals surface area (Å²) < 4.78 is 15.4. The zero-order valence-corrected chi connectivity index (χ0v) is 15.0. The minimum absolute atomic E-state index is 0.0243. The number of hydrogen-bond acceptors (Lipinski definition) is 2. The molecular formula is C19H22FN3OS. The van der Waals surface area contributed by atoms with Gasteiger partial charge < -0.3 is 14.9 Å². The molecule has 3 aromatic rings. The first-order chi connectivity index (χ1) is 12.2. The van der Waals surface area contributed by atoms with Crippen LogP contribution in [-0.4, -0.2) is 34.0 Å². The van der Waals surface area contributed by atoms with Crippen molar-refractivity contribution < 1.29 is 9.18 Å². The maximum Gasteiger partial charge on any atom is 0.243 e. The second kappa shape index (κ2) is 8.25. The van der Waals surface area contributed by atoms with Crippen LogP contribution >= 0.6 is 11.8 Å². The summed E-state index contributed by atoms with van der Waals surface area (Å²) in [6.07, 6.45) is 9.23. The number of aromatic nitrogens is 2. The predicted molar refractivity (Wildman–Crippen MR) is 101 cm³/mol. The number of thioether (sulfide) groups is 1. The summed E-state index contributed by atoms with van der Waals surface area (Å²) in [5.41, 5.74) is 1.92. The molecule has 2 aromatic heterocycles. The molecule has 132 valence electrons. The van der Waals surface area contributed by atoms with Gasteiger partial charge in [-0.2, -0.15) is 11.8 Å². The fourth-order valence-electron chi connectivity index (χ4n) is 3.00. The van der Waals surface area contributed by atoms with E-state index in [1.807, 2.05) is 41.5 Å². The lowest BCUT2D eigenvalue weighted by Crippen LogP contribution is -2.33. The van der Waals surface area contributed by atoms with Crippen LogP contribution in [0.2, 0.25) is 0 Å². The summed E-state index contributed by atoms with van der Waals surface area (Å²) in [5.74, 6) is 0.705. The molecule has 0 saturated heterocycles. The second-order valence-corrected chi connectivity index (χ2v) is 6.96. The molecule has 4 nitrogen and oxygen atoms in total. The third-order valence-electron chi connectivity index (χ3n) is 4.31. The number of nitrogens with one attached hydrogen (secondary N) is 2. The van der Waals surface area contributed by atoms with E-state index in [-0.39, 0.29) is 17.8 Å². The molecule has 1 atom stereocenters. The van der Waals surface area contributed by atoms with Gasteiger partial charge in [-0.25, -0.2) is 4.39 Å². The first-order valence-electron chi connectivity index (χ1n) is 8.33. The lowest BCUT2D eigenvalue weighted by Gasteiger charge is -2.18. The number of amides is 1. The van der Waals surface area contributed by atoms with E-state index in [1.54, 1.807) is 17.8 Å². The third-order valence-corrected chi connectivity index (χ3v) is 4.95. The molecule has 0 aliphatic heterocycles. The number of benzene rings is 1. The van der Waals surface area contributed by atoms with Crippen LogP contribution in [-0.2, 0) is 11.2 Å². The van der Waals surface area contributed by atoms with Gasteiger partial charge >= 0.3 is 0 Å². The number of carbonyl (C=O) groups is 1. The van der Waals surface area contributed by atoms with Gasteiger partial charge in [0.2, 0.25) is 5.91 Å². The summed E-state index contributed by atoms with van der Waals surface area (Å²) in [7, 11) is 0. The maximum atomic E-state index is 13.4. The quantitative estimate of drug-likeness (QED) is 0.643. The van der Waals surface area contributed by atoms with Crippen molar-refractivity contribution in [2.45, 2.75) is 18.9 Å². The number of fused-ring (bicyclic) bond motifs is 1. The fourth-order valence-corrected chi connectivity index (χ4v) is 3.46. The summed E-state index contributed by atoms with van der Waals surface area (Å²) in [6, 6.07) is 8.38. The molecule has 0 radical (unpaired) electrons. The average Bonchev–Trinajstić information content (AvgIpc) is 3.26. The summed E-state index contributed by atoms with van der Waals surface area (Å²) >= 11 is 1.74. The molecule has 1 amide bonds. The van der Waals surface area contributed by atoms with Crippen molar-refractivity contribution in [3.63, 3.8) is 0 Å². The molecule has 6 heteroatoms. The van der Waals surface area contributed by atoms with Gasteiger partial charge in [0.05, 0.1) is 0 Å². The van der Waals surface area contributed by atoms with Gasteiger partial charge in [0.1, 0.15) is 11.9 Å². The number of halogens is 1. The normalized spacial score (nSPS) is 12.4. The van der Waals surface area contributed by atoms with Crippen LogP contribution in [0.3, 0.4) is 0 Å². The van der Waals surface area contributed by atoms with Gasteiger partial charge in [-0.05, 0) is 60.7 Å². The molecule has 0 aliphatic rings. The lowest BCUT2D eigenvalue weighted by atomic mass is 10.1. The lowest BCUT2D eigenvalue weighted by molar-refractivity contribution is -0.124. The fraction of sp³-hybridized carbons (Fsp3) is 0.316. The minimum Gasteiger partial charge on any atom is -0.361 e. The Balaban J connectivity index is 1.61. The van der Waals surface area contributed by atoms with Crippen LogP contribution in [0.1, 0.15) is 18.0 Å². The van der Waals surface area contributed by atoms with E-state index in [4.69, 9.17) is 0 Å². The van der Waals surface area contributed by atoms with Gasteiger partial charge in [-0.1, -0.05) is 0 Å². The van der Waals surface area contributed by atoms with E-state index < -0.39 is 0 Å². The Hall–Kier alpha value is -2.21. The van der Waals surface area contributed by atoms with E-state index in [9.17, 15) is 9.18 Å². The first kappa shape index (κ1) is 17.6. The Kier molecular flexibility index (Phi) is 5.81. The van der Waals surface area contributed by atoms with E-state index >= 15 is 0 Å². The van der Waals surface area contributed by atoms with Crippen molar-refractivity contribution in [2.24, 2.45) is 0 Å². The topological polar surface area (TPSA) is 49.8 Å². The average molecular weight is 359 g/mol. The Labute approximate surface area is 150 Å². The van der Waals surface area contributed by atoms with E-state index in [1.165, 1.54) is 12.1 Å². The van der Waals surface area contributed by atoms with Crippen LogP contribution in [0.5, 0.6) is 0 Å². The Bertz CT molecular complexity index is 828. The molecule has 1 aromatic carbocycles. The third kappa shape index (κ3) is 4.25. The molecule has 0 unspecified atom stereocenters. The number of carbonyl (C=O) groups excluding carboxylic acids is 1.